The van der Waals surface area contributed by atoms with Gasteiger partial charge in [0.2, 0.25) is 5.91 Å². The molecule has 0 bridgehead atoms. The largest absolute Gasteiger partial charge is 0.287 e. The quantitative estimate of drug-likeness (QED) is 0.756. The van der Waals surface area contributed by atoms with Gasteiger partial charge in [-0.25, -0.2) is 0 Å². The lowest BCUT2D eigenvalue weighted by atomic mass is 9.86. The first-order valence-corrected chi connectivity index (χ1v) is 7.37. The molecule has 0 aromatic heterocycles. The van der Waals surface area contributed by atoms with Crippen LogP contribution >= 0.6 is 11.6 Å². The minimum atomic E-state index is -0.586. The van der Waals surface area contributed by atoms with Crippen molar-refractivity contribution < 1.29 is 4.79 Å². The lowest BCUT2D eigenvalue weighted by Gasteiger charge is -2.33. The van der Waals surface area contributed by atoms with Crippen molar-refractivity contribution in [1.29, 1.82) is 0 Å². The number of hydrogen-bond acceptors (Lipinski definition) is 1. The molecule has 3 heteroatoms. The number of anilines is 1. The molecule has 1 heterocycles. The number of allylic oxidation sites excluding steroid dienone is 1. The normalized spacial score (nSPS) is 22.1. The monoisotopic (exact) mass is 297 g/mol. The number of carbonyl (C=O) groups excluding carboxylic acids is 1. The molecule has 2 atom stereocenters. The van der Waals surface area contributed by atoms with Crippen molar-refractivity contribution >= 4 is 23.2 Å². The van der Waals surface area contributed by atoms with Crippen molar-refractivity contribution in [2.45, 2.75) is 18.2 Å². The highest BCUT2D eigenvalue weighted by molar-refractivity contribution is 6.34. The second-order valence-electron chi connectivity index (χ2n) is 5.21. The van der Waals surface area contributed by atoms with E-state index in [1.165, 1.54) is 0 Å². The van der Waals surface area contributed by atoms with Crippen LogP contribution in [-0.4, -0.2) is 11.3 Å². The first kappa shape index (κ1) is 13.9. The predicted molar refractivity (Wildman–Crippen MR) is 86.5 cm³/mol. The molecule has 106 valence electrons. The van der Waals surface area contributed by atoms with E-state index in [1.807, 2.05) is 73.8 Å². The molecule has 1 amide bonds. The third-order valence-corrected chi connectivity index (χ3v) is 4.22. The number of amides is 1. The zero-order valence-corrected chi connectivity index (χ0v) is 12.5. The van der Waals surface area contributed by atoms with Crippen LogP contribution in [0.25, 0.3) is 0 Å². The topological polar surface area (TPSA) is 20.3 Å². The maximum Gasteiger partial charge on any atom is 0.250 e. The molecule has 0 saturated heterocycles. The molecule has 2 aromatic rings. The van der Waals surface area contributed by atoms with Crippen molar-refractivity contribution in [1.82, 2.24) is 0 Å². The minimum Gasteiger partial charge on any atom is -0.287 e. The third kappa shape index (κ3) is 2.59. The van der Waals surface area contributed by atoms with Crippen molar-refractivity contribution in [3.63, 3.8) is 0 Å². The maximum atomic E-state index is 12.6. The van der Waals surface area contributed by atoms with E-state index in [2.05, 4.69) is 0 Å². The van der Waals surface area contributed by atoms with E-state index in [0.29, 0.717) is 0 Å². The molecule has 0 fully saturated rings. The van der Waals surface area contributed by atoms with Gasteiger partial charge in [-0.3, -0.25) is 9.69 Å². The molecule has 0 aliphatic carbocycles. The summed E-state index contributed by atoms with van der Waals surface area (Å²) < 4.78 is 0. The Morgan fingerprint density at radius 2 is 1.52 bits per heavy atom. The molecule has 21 heavy (non-hydrogen) atoms. The Morgan fingerprint density at radius 3 is 2.14 bits per heavy atom. The number of hydrogen-bond donors (Lipinski definition) is 0. The summed E-state index contributed by atoms with van der Waals surface area (Å²) in [5.41, 5.74) is 3.01. The van der Waals surface area contributed by atoms with E-state index in [-0.39, 0.29) is 11.8 Å². The van der Waals surface area contributed by atoms with Crippen molar-refractivity contribution in [2.75, 3.05) is 4.90 Å². The van der Waals surface area contributed by atoms with Crippen LogP contribution in [0.3, 0.4) is 0 Å². The average molecular weight is 298 g/mol. The van der Waals surface area contributed by atoms with E-state index in [0.717, 1.165) is 16.8 Å². The van der Waals surface area contributed by atoms with Gasteiger partial charge in [-0.05, 0) is 30.2 Å². The molecule has 0 spiro atoms. The summed E-state index contributed by atoms with van der Waals surface area (Å²) in [6.07, 6.45) is 1.90. The van der Waals surface area contributed by atoms with Crippen LogP contribution in [0.5, 0.6) is 0 Å². The highest BCUT2D eigenvalue weighted by Gasteiger charge is 2.36. The third-order valence-electron chi connectivity index (χ3n) is 3.78. The zero-order chi connectivity index (χ0) is 14.8. The Kier molecular flexibility index (Phi) is 3.80. The van der Waals surface area contributed by atoms with E-state index in [1.54, 1.807) is 4.90 Å². The second-order valence-corrected chi connectivity index (χ2v) is 5.68. The lowest BCUT2D eigenvalue weighted by Crippen LogP contribution is -2.40. The van der Waals surface area contributed by atoms with Crippen LogP contribution in [0.1, 0.15) is 18.4 Å². The molecule has 3 rings (SSSR count). The van der Waals surface area contributed by atoms with Gasteiger partial charge in [-0.2, -0.15) is 0 Å². The molecule has 2 unspecified atom stereocenters. The van der Waals surface area contributed by atoms with E-state index in [4.69, 9.17) is 11.6 Å². The zero-order valence-electron chi connectivity index (χ0n) is 11.7. The van der Waals surface area contributed by atoms with Gasteiger partial charge in [0.25, 0.3) is 0 Å². The highest BCUT2D eigenvalue weighted by Crippen LogP contribution is 2.37. The van der Waals surface area contributed by atoms with Gasteiger partial charge in [0.05, 0.1) is 0 Å². The van der Waals surface area contributed by atoms with Gasteiger partial charge in [0.15, 0.2) is 0 Å². The fraction of sp³-hybridized carbons (Fsp3) is 0.167. The van der Waals surface area contributed by atoms with Crippen LogP contribution in [0.15, 0.2) is 72.4 Å². The molecule has 0 saturated carbocycles. The lowest BCUT2D eigenvalue weighted by molar-refractivity contribution is -0.118. The number of rotatable bonds is 2. The Labute approximate surface area is 129 Å². The van der Waals surface area contributed by atoms with E-state index < -0.39 is 5.38 Å². The first-order chi connectivity index (χ1) is 10.2. The van der Waals surface area contributed by atoms with Gasteiger partial charge in [0, 0.05) is 17.8 Å². The molecule has 0 radical (unpaired) electrons. The SMILES string of the molecule is CC1=CN(c2ccccc2)C(=O)C(Cl)C1c1ccccc1. The van der Waals surface area contributed by atoms with E-state index >= 15 is 0 Å². The van der Waals surface area contributed by atoms with Crippen LogP contribution in [0.4, 0.5) is 5.69 Å². The summed E-state index contributed by atoms with van der Waals surface area (Å²) in [6.45, 7) is 2.02. The fourth-order valence-electron chi connectivity index (χ4n) is 2.74. The Bertz CT molecular complexity index is 666. The molecule has 1 aliphatic heterocycles. The van der Waals surface area contributed by atoms with Crippen molar-refractivity contribution in [3.05, 3.63) is 78.0 Å². The number of carbonyl (C=O) groups is 1. The summed E-state index contributed by atoms with van der Waals surface area (Å²) in [6, 6.07) is 19.5. The van der Waals surface area contributed by atoms with Crippen LogP contribution in [0, 0.1) is 0 Å². The number of para-hydroxylation sites is 1. The molecule has 2 nitrogen and oxygen atoms in total. The number of benzene rings is 2. The number of nitrogens with zero attached hydrogens (tertiary/aromatic N) is 1. The molecular weight excluding hydrogens is 282 g/mol. The van der Waals surface area contributed by atoms with E-state index in [9.17, 15) is 4.79 Å². The van der Waals surface area contributed by atoms with Gasteiger partial charge in [-0.1, -0.05) is 48.5 Å². The first-order valence-electron chi connectivity index (χ1n) is 6.94. The smallest absolute Gasteiger partial charge is 0.250 e. The van der Waals surface area contributed by atoms with Gasteiger partial charge >= 0.3 is 0 Å². The summed E-state index contributed by atoms with van der Waals surface area (Å²) in [5, 5.41) is -0.586. The summed E-state index contributed by atoms with van der Waals surface area (Å²) in [4.78, 5) is 14.2. The molecule has 1 aliphatic rings. The molecule has 0 N–H and O–H groups in total. The molecular formula is C18H16ClNO. The summed E-state index contributed by atoms with van der Waals surface area (Å²) >= 11 is 6.48. The van der Waals surface area contributed by atoms with Crippen LogP contribution in [0.2, 0.25) is 0 Å². The summed E-state index contributed by atoms with van der Waals surface area (Å²) in [5.74, 6) is -0.150. The Morgan fingerprint density at radius 1 is 0.952 bits per heavy atom. The van der Waals surface area contributed by atoms with Gasteiger partial charge in [-0.15, -0.1) is 11.6 Å². The van der Waals surface area contributed by atoms with Gasteiger partial charge < -0.3 is 0 Å². The second kappa shape index (κ2) is 5.74. The fourth-order valence-corrected chi connectivity index (χ4v) is 3.19. The predicted octanol–water partition coefficient (Wildman–Crippen LogP) is 4.33. The van der Waals surface area contributed by atoms with Crippen LogP contribution < -0.4 is 4.90 Å². The van der Waals surface area contributed by atoms with Crippen LogP contribution in [-0.2, 0) is 4.79 Å². The standard InChI is InChI=1S/C18H16ClNO/c1-13-12-20(15-10-6-3-7-11-15)18(21)17(19)16(13)14-8-4-2-5-9-14/h2-12,16-17H,1H3. The number of alkyl halides is 1. The average Bonchev–Trinajstić information content (AvgIpc) is 2.53. The number of halogens is 1. The minimum absolute atomic E-state index is 0.0691. The summed E-state index contributed by atoms with van der Waals surface area (Å²) in [7, 11) is 0. The highest BCUT2D eigenvalue weighted by atomic mass is 35.5. The van der Waals surface area contributed by atoms with Crippen molar-refractivity contribution in [2.24, 2.45) is 0 Å². The maximum absolute atomic E-state index is 12.6. The Hall–Kier alpha value is -2.06. The van der Waals surface area contributed by atoms with Crippen molar-refractivity contribution in [3.8, 4) is 0 Å². The van der Waals surface area contributed by atoms with Gasteiger partial charge in [0.1, 0.15) is 5.38 Å². The Balaban J connectivity index is 2.00. The molecule has 2 aromatic carbocycles.